The number of carbonyl (C=O) groups excluding carboxylic acids is 1. The molecular formula is C20H24ClN5O4. The van der Waals surface area contributed by atoms with Crippen molar-refractivity contribution in [3.8, 4) is 5.75 Å². The topological polar surface area (TPSA) is 122 Å². The average Bonchev–Trinajstić information content (AvgIpc) is 3.19. The Bertz CT molecular complexity index is 1040. The SMILES string of the molecule is CCn1ncc2c(NCc3ccc(OC)c(Cl)c3)c(C(=O)NCC(O)CO)cnc21. The van der Waals surface area contributed by atoms with E-state index in [1.807, 2.05) is 13.0 Å². The van der Waals surface area contributed by atoms with Crippen LogP contribution in [0.2, 0.25) is 5.02 Å². The molecule has 2 aromatic heterocycles. The zero-order valence-corrected chi connectivity index (χ0v) is 17.5. The van der Waals surface area contributed by atoms with Gasteiger partial charge in [-0.15, -0.1) is 0 Å². The lowest BCUT2D eigenvalue weighted by molar-refractivity contribution is 0.0802. The van der Waals surface area contributed by atoms with Crippen LogP contribution >= 0.6 is 11.6 Å². The van der Waals surface area contributed by atoms with Crippen LogP contribution in [-0.2, 0) is 13.1 Å². The maximum Gasteiger partial charge on any atom is 0.255 e. The zero-order chi connectivity index (χ0) is 21.7. The second-order valence-corrected chi connectivity index (χ2v) is 7.02. The highest BCUT2D eigenvalue weighted by Gasteiger charge is 2.19. The molecule has 3 aromatic rings. The molecule has 0 radical (unpaired) electrons. The number of anilines is 1. The summed E-state index contributed by atoms with van der Waals surface area (Å²) in [5.41, 5.74) is 2.43. The summed E-state index contributed by atoms with van der Waals surface area (Å²) >= 11 is 6.21. The number of hydrogen-bond donors (Lipinski definition) is 4. The molecule has 1 unspecified atom stereocenters. The lowest BCUT2D eigenvalue weighted by Gasteiger charge is -2.15. The van der Waals surface area contributed by atoms with Crippen LogP contribution in [0, 0.1) is 0 Å². The number of aliphatic hydroxyl groups excluding tert-OH is 2. The smallest absolute Gasteiger partial charge is 0.255 e. The summed E-state index contributed by atoms with van der Waals surface area (Å²) < 4.78 is 6.92. The minimum absolute atomic E-state index is 0.0743. The molecule has 160 valence electrons. The van der Waals surface area contributed by atoms with Gasteiger partial charge < -0.3 is 25.6 Å². The molecule has 3 rings (SSSR count). The highest BCUT2D eigenvalue weighted by Crippen LogP contribution is 2.28. The Morgan fingerprint density at radius 3 is 2.83 bits per heavy atom. The summed E-state index contributed by atoms with van der Waals surface area (Å²) in [5, 5.41) is 29.9. The molecule has 1 atom stereocenters. The number of amides is 1. The number of nitrogens with one attached hydrogen (secondary N) is 2. The van der Waals surface area contributed by atoms with E-state index < -0.39 is 18.6 Å². The summed E-state index contributed by atoms with van der Waals surface area (Å²) in [6.07, 6.45) is 2.10. The average molecular weight is 434 g/mol. The van der Waals surface area contributed by atoms with E-state index in [0.717, 1.165) is 5.56 Å². The van der Waals surface area contributed by atoms with Crippen molar-refractivity contribution < 1.29 is 19.7 Å². The standard InChI is InChI=1S/C20H24ClN5O4/c1-3-26-19-14(10-25-26)18(15(9-23-19)20(29)24-8-13(28)11-27)22-7-12-4-5-17(30-2)16(21)6-12/h4-6,9-10,13,27-28H,3,7-8,11H2,1-2H3,(H,22,23)(H,24,29). The van der Waals surface area contributed by atoms with Crippen LogP contribution in [0.25, 0.3) is 11.0 Å². The van der Waals surface area contributed by atoms with E-state index in [-0.39, 0.29) is 6.54 Å². The van der Waals surface area contributed by atoms with Crippen molar-refractivity contribution in [1.29, 1.82) is 0 Å². The van der Waals surface area contributed by atoms with Gasteiger partial charge in [-0.25, -0.2) is 9.67 Å². The third-order valence-electron chi connectivity index (χ3n) is 4.60. The van der Waals surface area contributed by atoms with Gasteiger partial charge in [0, 0.05) is 25.8 Å². The molecule has 10 heteroatoms. The highest BCUT2D eigenvalue weighted by atomic mass is 35.5. The number of fused-ring (bicyclic) bond motifs is 1. The van der Waals surface area contributed by atoms with Gasteiger partial charge in [0.1, 0.15) is 5.75 Å². The van der Waals surface area contributed by atoms with Crippen LogP contribution in [0.3, 0.4) is 0 Å². The first-order valence-corrected chi connectivity index (χ1v) is 9.84. The predicted molar refractivity (Wildman–Crippen MR) is 114 cm³/mol. The minimum atomic E-state index is -1.04. The van der Waals surface area contributed by atoms with Crippen LogP contribution < -0.4 is 15.4 Å². The highest BCUT2D eigenvalue weighted by molar-refractivity contribution is 6.32. The lowest BCUT2D eigenvalue weighted by Crippen LogP contribution is -2.34. The van der Waals surface area contributed by atoms with Crippen molar-refractivity contribution in [3.05, 3.63) is 46.7 Å². The first-order valence-electron chi connectivity index (χ1n) is 9.46. The van der Waals surface area contributed by atoms with Crippen LogP contribution in [0.1, 0.15) is 22.8 Å². The van der Waals surface area contributed by atoms with Gasteiger partial charge in [0.2, 0.25) is 0 Å². The molecule has 0 aliphatic carbocycles. The zero-order valence-electron chi connectivity index (χ0n) is 16.7. The Morgan fingerprint density at radius 2 is 2.17 bits per heavy atom. The number of aliphatic hydroxyl groups is 2. The van der Waals surface area contributed by atoms with Crippen LogP contribution in [-0.4, -0.2) is 57.3 Å². The first kappa shape index (κ1) is 21.8. The summed E-state index contributed by atoms with van der Waals surface area (Å²) in [6.45, 7) is 2.48. The fourth-order valence-corrected chi connectivity index (χ4v) is 3.28. The third-order valence-corrected chi connectivity index (χ3v) is 4.90. The summed E-state index contributed by atoms with van der Waals surface area (Å²) in [4.78, 5) is 17.1. The summed E-state index contributed by atoms with van der Waals surface area (Å²) in [7, 11) is 1.55. The lowest BCUT2D eigenvalue weighted by atomic mass is 10.1. The molecule has 0 bridgehead atoms. The van der Waals surface area contributed by atoms with Gasteiger partial charge in [-0.2, -0.15) is 5.10 Å². The molecule has 4 N–H and O–H groups in total. The molecule has 0 fully saturated rings. The monoisotopic (exact) mass is 433 g/mol. The molecule has 1 amide bonds. The van der Waals surface area contributed by atoms with Gasteiger partial charge in [0.15, 0.2) is 5.65 Å². The van der Waals surface area contributed by atoms with Crippen molar-refractivity contribution in [2.45, 2.75) is 26.1 Å². The van der Waals surface area contributed by atoms with E-state index in [1.165, 1.54) is 6.20 Å². The molecule has 0 saturated heterocycles. The van der Waals surface area contributed by atoms with Gasteiger partial charge in [0.05, 0.1) is 47.7 Å². The van der Waals surface area contributed by atoms with Crippen molar-refractivity contribution in [1.82, 2.24) is 20.1 Å². The second-order valence-electron chi connectivity index (χ2n) is 6.61. The van der Waals surface area contributed by atoms with Crippen LogP contribution in [0.4, 0.5) is 5.69 Å². The first-order chi connectivity index (χ1) is 14.5. The number of aryl methyl sites for hydroxylation is 1. The van der Waals surface area contributed by atoms with Gasteiger partial charge >= 0.3 is 0 Å². The summed E-state index contributed by atoms with van der Waals surface area (Å²) in [6, 6.07) is 5.45. The maximum absolute atomic E-state index is 12.7. The van der Waals surface area contributed by atoms with Gasteiger partial charge in [-0.05, 0) is 24.6 Å². The number of ether oxygens (including phenoxy) is 1. The molecule has 30 heavy (non-hydrogen) atoms. The van der Waals surface area contributed by atoms with Gasteiger partial charge in [-0.3, -0.25) is 4.79 Å². The Morgan fingerprint density at radius 1 is 1.37 bits per heavy atom. The Hall–Kier alpha value is -2.88. The number of carbonyl (C=O) groups is 1. The molecule has 9 nitrogen and oxygen atoms in total. The number of nitrogens with zero attached hydrogens (tertiary/aromatic N) is 3. The Kier molecular flexibility index (Phi) is 7.09. The third kappa shape index (κ3) is 4.64. The summed E-state index contributed by atoms with van der Waals surface area (Å²) in [5.74, 6) is 0.162. The van der Waals surface area contributed by atoms with E-state index in [2.05, 4.69) is 20.7 Å². The molecular weight excluding hydrogens is 410 g/mol. The fraction of sp³-hybridized carbons (Fsp3) is 0.350. The number of halogens is 1. The van der Waals surface area contributed by atoms with Gasteiger partial charge in [-0.1, -0.05) is 17.7 Å². The largest absolute Gasteiger partial charge is 0.495 e. The van der Waals surface area contributed by atoms with E-state index >= 15 is 0 Å². The van der Waals surface area contributed by atoms with E-state index in [4.69, 9.17) is 21.4 Å². The van der Waals surface area contributed by atoms with E-state index in [0.29, 0.717) is 46.1 Å². The quantitative estimate of drug-likeness (QED) is 0.406. The van der Waals surface area contributed by atoms with Crippen molar-refractivity contribution in [3.63, 3.8) is 0 Å². The fourth-order valence-electron chi connectivity index (χ4n) is 3.00. The Labute approximate surface area is 178 Å². The van der Waals surface area contributed by atoms with Gasteiger partial charge in [0.25, 0.3) is 5.91 Å². The number of hydrogen-bond acceptors (Lipinski definition) is 7. The molecule has 0 aliphatic rings. The number of methoxy groups -OCH3 is 1. The van der Waals surface area contributed by atoms with E-state index in [9.17, 15) is 9.90 Å². The van der Waals surface area contributed by atoms with Crippen molar-refractivity contribution in [2.24, 2.45) is 0 Å². The normalized spacial score (nSPS) is 12.0. The molecule has 0 spiro atoms. The van der Waals surface area contributed by atoms with Crippen LogP contribution in [0.15, 0.2) is 30.6 Å². The number of rotatable bonds is 9. The van der Waals surface area contributed by atoms with Crippen molar-refractivity contribution >= 4 is 34.2 Å². The Balaban J connectivity index is 1.92. The predicted octanol–water partition coefficient (Wildman–Crippen LogP) is 1.81. The number of aromatic nitrogens is 3. The number of pyridine rings is 1. The molecule has 2 heterocycles. The molecule has 0 aliphatic heterocycles. The molecule has 0 saturated carbocycles. The van der Waals surface area contributed by atoms with Crippen molar-refractivity contribution in [2.75, 3.05) is 25.6 Å². The molecule has 1 aromatic carbocycles. The minimum Gasteiger partial charge on any atom is -0.495 e. The van der Waals surface area contributed by atoms with E-state index in [1.54, 1.807) is 30.1 Å². The maximum atomic E-state index is 12.7. The van der Waals surface area contributed by atoms with Crippen LogP contribution in [0.5, 0.6) is 5.75 Å². The second kappa shape index (κ2) is 9.75. The number of benzene rings is 1.